The van der Waals surface area contributed by atoms with Gasteiger partial charge in [-0.1, -0.05) is 30.9 Å². The summed E-state index contributed by atoms with van der Waals surface area (Å²) in [5, 5.41) is 13.4. The second-order valence-electron chi connectivity index (χ2n) is 6.56. The Hall–Kier alpha value is -1.24. The average Bonchev–Trinajstić information content (AvgIpc) is 2.56. The van der Waals surface area contributed by atoms with Gasteiger partial charge in [0.1, 0.15) is 6.07 Å². The molecule has 1 heterocycles. The number of piperidine rings is 1. The monoisotopic (exact) mass is 317 g/mol. The zero-order chi connectivity index (χ0) is 15.4. The lowest BCUT2D eigenvalue weighted by atomic mass is 9.93. The van der Waals surface area contributed by atoms with Crippen molar-refractivity contribution in [1.29, 1.82) is 5.26 Å². The summed E-state index contributed by atoms with van der Waals surface area (Å²) < 4.78 is 0. The molecule has 2 aliphatic rings. The fraction of sp³-hybridized carbons (Fsp3) is 0.611. The van der Waals surface area contributed by atoms with Crippen LogP contribution in [-0.2, 0) is 0 Å². The maximum atomic E-state index is 8.99. The molecular formula is C18H24ClN3. The van der Waals surface area contributed by atoms with E-state index in [9.17, 15) is 0 Å². The molecule has 0 aromatic heterocycles. The van der Waals surface area contributed by atoms with E-state index in [0.29, 0.717) is 22.7 Å². The molecule has 1 aromatic carbocycles. The van der Waals surface area contributed by atoms with Crippen molar-refractivity contribution in [1.82, 2.24) is 5.32 Å². The van der Waals surface area contributed by atoms with Crippen molar-refractivity contribution in [3.05, 3.63) is 28.8 Å². The molecule has 3 nitrogen and oxygen atoms in total. The minimum absolute atomic E-state index is 0.555. The zero-order valence-corrected chi connectivity index (χ0v) is 13.8. The van der Waals surface area contributed by atoms with Gasteiger partial charge in [0.25, 0.3) is 0 Å². The number of hydrogen-bond acceptors (Lipinski definition) is 3. The molecule has 3 rings (SSSR count). The standard InChI is InChI=1S/C18H24ClN3/c19-18-11-17(9-8-14(18)12-20)22-10-4-7-16(13-22)21-15-5-2-1-3-6-15/h8-9,11,15-16,21H,1-7,10,13H2. The van der Waals surface area contributed by atoms with Gasteiger partial charge in [0, 0.05) is 30.9 Å². The first-order chi connectivity index (χ1) is 10.8. The fourth-order valence-electron chi connectivity index (χ4n) is 3.74. The number of benzene rings is 1. The van der Waals surface area contributed by atoms with Gasteiger partial charge in [-0.2, -0.15) is 5.26 Å². The van der Waals surface area contributed by atoms with E-state index in [2.05, 4.69) is 16.3 Å². The molecular weight excluding hydrogens is 294 g/mol. The molecule has 0 bridgehead atoms. The Bertz CT molecular complexity index is 546. The number of hydrogen-bond donors (Lipinski definition) is 1. The molecule has 1 unspecified atom stereocenters. The third-order valence-electron chi connectivity index (χ3n) is 4.94. The Labute approximate surface area is 138 Å². The average molecular weight is 318 g/mol. The Morgan fingerprint density at radius 1 is 1.09 bits per heavy atom. The quantitative estimate of drug-likeness (QED) is 0.912. The van der Waals surface area contributed by atoms with E-state index >= 15 is 0 Å². The first kappa shape index (κ1) is 15.6. The largest absolute Gasteiger partial charge is 0.370 e. The van der Waals surface area contributed by atoms with Gasteiger partial charge in [0.05, 0.1) is 10.6 Å². The first-order valence-corrected chi connectivity index (χ1v) is 8.84. The number of nitrogens with zero attached hydrogens (tertiary/aromatic N) is 2. The van der Waals surface area contributed by atoms with Crippen molar-refractivity contribution < 1.29 is 0 Å². The Morgan fingerprint density at radius 3 is 2.59 bits per heavy atom. The Balaban J connectivity index is 1.62. The van der Waals surface area contributed by atoms with Crippen molar-refractivity contribution in [2.24, 2.45) is 0 Å². The van der Waals surface area contributed by atoms with Crippen LogP contribution in [0.1, 0.15) is 50.5 Å². The lowest BCUT2D eigenvalue weighted by Gasteiger charge is -2.37. The van der Waals surface area contributed by atoms with Crippen molar-refractivity contribution in [3.8, 4) is 6.07 Å². The molecule has 2 fully saturated rings. The molecule has 118 valence electrons. The summed E-state index contributed by atoms with van der Waals surface area (Å²) in [6.07, 6.45) is 9.29. The second-order valence-corrected chi connectivity index (χ2v) is 6.97. The summed E-state index contributed by atoms with van der Waals surface area (Å²) in [7, 11) is 0. The van der Waals surface area contributed by atoms with Gasteiger partial charge in [-0.3, -0.25) is 0 Å². The summed E-state index contributed by atoms with van der Waals surface area (Å²) in [5.41, 5.74) is 1.69. The maximum Gasteiger partial charge on any atom is 0.101 e. The molecule has 0 radical (unpaired) electrons. The van der Waals surface area contributed by atoms with Crippen LogP contribution >= 0.6 is 11.6 Å². The summed E-state index contributed by atoms with van der Waals surface area (Å²) >= 11 is 6.18. The van der Waals surface area contributed by atoms with E-state index in [0.717, 1.165) is 18.8 Å². The lowest BCUT2D eigenvalue weighted by molar-refractivity contribution is 0.312. The van der Waals surface area contributed by atoms with Crippen LogP contribution in [0.5, 0.6) is 0 Å². The molecule has 1 saturated heterocycles. The van der Waals surface area contributed by atoms with Gasteiger partial charge in [0.15, 0.2) is 0 Å². The van der Waals surface area contributed by atoms with Crippen LogP contribution in [0.15, 0.2) is 18.2 Å². The highest BCUT2D eigenvalue weighted by Crippen LogP contribution is 2.26. The summed E-state index contributed by atoms with van der Waals surface area (Å²) in [5.74, 6) is 0. The number of halogens is 1. The second kappa shape index (κ2) is 7.35. The van der Waals surface area contributed by atoms with E-state index in [1.54, 1.807) is 0 Å². The van der Waals surface area contributed by atoms with Crippen molar-refractivity contribution in [3.63, 3.8) is 0 Å². The molecule has 1 N–H and O–H groups in total. The first-order valence-electron chi connectivity index (χ1n) is 8.47. The summed E-state index contributed by atoms with van der Waals surface area (Å²) in [6.45, 7) is 2.11. The highest BCUT2D eigenvalue weighted by Gasteiger charge is 2.23. The van der Waals surface area contributed by atoms with E-state index in [1.807, 2.05) is 18.2 Å². The van der Waals surface area contributed by atoms with Crippen LogP contribution in [-0.4, -0.2) is 25.2 Å². The predicted molar refractivity (Wildman–Crippen MR) is 91.4 cm³/mol. The van der Waals surface area contributed by atoms with Gasteiger partial charge in [-0.05, 0) is 43.9 Å². The number of nitrogens with one attached hydrogen (secondary N) is 1. The minimum atomic E-state index is 0.555. The van der Waals surface area contributed by atoms with E-state index in [1.165, 1.54) is 44.9 Å². The third-order valence-corrected chi connectivity index (χ3v) is 5.25. The minimum Gasteiger partial charge on any atom is -0.370 e. The normalized spacial score (nSPS) is 23.3. The van der Waals surface area contributed by atoms with Crippen LogP contribution < -0.4 is 10.2 Å². The van der Waals surface area contributed by atoms with Crippen LogP contribution in [0, 0.1) is 11.3 Å². The van der Waals surface area contributed by atoms with Gasteiger partial charge >= 0.3 is 0 Å². The van der Waals surface area contributed by atoms with Crippen molar-refractivity contribution in [2.75, 3.05) is 18.0 Å². The van der Waals surface area contributed by atoms with Gasteiger partial charge in [0.2, 0.25) is 0 Å². The topological polar surface area (TPSA) is 39.1 Å². The molecule has 1 aromatic rings. The summed E-state index contributed by atoms with van der Waals surface area (Å²) in [4.78, 5) is 2.40. The lowest BCUT2D eigenvalue weighted by Crippen LogP contribution is -2.49. The molecule has 0 amide bonds. The third kappa shape index (κ3) is 3.74. The molecule has 0 spiro atoms. The molecule has 1 saturated carbocycles. The van der Waals surface area contributed by atoms with E-state index in [4.69, 9.17) is 16.9 Å². The molecule has 1 aliphatic carbocycles. The zero-order valence-electron chi connectivity index (χ0n) is 13.0. The van der Waals surface area contributed by atoms with Crippen LogP contribution in [0.2, 0.25) is 5.02 Å². The predicted octanol–water partition coefficient (Wildman–Crippen LogP) is 4.10. The molecule has 4 heteroatoms. The van der Waals surface area contributed by atoms with Crippen molar-refractivity contribution in [2.45, 2.75) is 57.0 Å². The summed E-state index contributed by atoms with van der Waals surface area (Å²) in [6, 6.07) is 9.20. The van der Waals surface area contributed by atoms with E-state index in [-0.39, 0.29) is 0 Å². The number of rotatable bonds is 3. The van der Waals surface area contributed by atoms with Gasteiger partial charge in [-0.15, -0.1) is 0 Å². The smallest absolute Gasteiger partial charge is 0.101 e. The highest BCUT2D eigenvalue weighted by molar-refractivity contribution is 6.32. The molecule has 22 heavy (non-hydrogen) atoms. The highest BCUT2D eigenvalue weighted by atomic mass is 35.5. The van der Waals surface area contributed by atoms with Gasteiger partial charge in [-0.25, -0.2) is 0 Å². The van der Waals surface area contributed by atoms with Crippen molar-refractivity contribution >= 4 is 17.3 Å². The Kier molecular flexibility index (Phi) is 5.23. The van der Waals surface area contributed by atoms with E-state index < -0.39 is 0 Å². The molecule has 1 atom stereocenters. The maximum absolute atomic E-state index is 8.99. The van der Waals surface area contributed by atoms with Crippen LogP contribution in [0.4, 0.5) is 5.69 Å². The van der Waals surface area contributed by atoms with Crippen LogP contribution in [0.25, 0.3) is 0 Å². The fourth-order valence-corrected chi connectivity index (χ4v) is 3.96. The molecule has 1 aliphatic heterocycles. The SMILES string of the molecule is N#Cc1ccc(N2CCCC(NC3CCCCC3)C2)cc1Cl. The number of anilines is 1. The van der Waals surface area contributed by atoms with Crippen LogP contribution in [0.3, 0.4) is 0 Å². The van der Waals surface area contributed by atoms with Gasteiger partial charge < -0.3 is 10.2 Å². The Morgan fingerprint density at radius 2 is 1.86 bits per heavy atom. The number of nitriles is 1.